The molecular formula is C13H17N3. The van der Waals surface area contributed by atoms with Crippen LogP contribution in [-0.4, -0.2) is 9.38 Å². The molecule has 1 aliphatic carbocycles. The van der Waals surface area contributed by atoms with Gasteiger partial charge in [-0.05, 0) is 31.4 Å². The van der Waals surface area contributed by atoms with Gasteiger partial charge in [0, 0.05) is 24.0 Å². The van der Waals surface area contributed by atoms with Crippen LogP contribution in [0.1, 0.15) is 42.9 Å². The Kier molecular flexibility index (Phi) is 2.13. The van der Waals surface area contributed by atoms with E-state index in [4.69, 9.17) is 10.7 Å². The Morgan fingerprint density at radius 3 is 2.81 bits per heavy atom. The summed E-state index contributed by atoms with van der Waals surface area (Å²) in [6.45, 7) is 2.07. The topological polar surface area (TPSA) is 43.3 Å². The number of fused-ring (bicyclic) bond motifs is 1. The van der Waals surface area contributed by atoms with Crippen molar-refractivity contribution in [2.45, 2.75) is 38.5 Å². The Hall–Kier alpha value is -1.51. The summed E-state index contributed by atoms with van der Waals surface area (Å²) in [6.07, 6.45) is 9.37. The number of nitrogens with two attached hydrogens (primary N) is 1. The zero-order valence-electron chi connectivity index (χ0n) is 9.61. The number of aryl methyl sites for hydroxylation is 1. The fourth-order valence-electron chi connectivity index (χ4n) is 2.73. The first-order valence-electron chi connectivity index (χ1n) is 5.99. The van der Waals surface area contributed by atoms with E-state index in [1.165, 1.54) is 31.4 Å². The standard InChI is InChI=1S/C13H17N3/c1-9-6-11(14)7-16-8-12(15-13(9)16)10-4-2-3-5-10/h6-8,10H,2-5,14H2,1H3. The van der Waals surface area contributed by atoms with E-state index in [2.05, 4.69) is 17.5 Å². The van der Waals surface area contributed by atoms with Crippen LogP contribution in [0.2, 0.25) is 0 Å². The predicted octanol–water partition coefficient (Wildman–Crippen LogP) is 2.88. The Morgan fingerprint density at radius 2 is 2.06 bits per heavy atom. The molecule has 0 unspecified atom stereocenters. The molecule has 0 radical (unpaired) electrons. The zero-order chi connectivity index (χ0) is 11.1. The average molecular weight is 215 g/mol. The first-order chi connectivity index (χ1) is 7.74. The molecule has 0 atom stereocenters. The maximum Gasteiger partial charge on any atom is 0.140 e. The van der Waals surface area contributed by atoms with Crippen molar-refractivity contribution in [3.63, 3.8) is 0 Å². The van der Waals surface area contributed by atoms with Crippen molar-refractivity contribution in [1.82, 2.24) is 9.38 Å². The van der Waals surface area contributed by atoms with Crippen LogP contribution >= 0.6 is 0 Å². The first kappa shape index (κ1) is 9.70. The average Bonchev–Trinajstić information content (AvgIpc) is 2.82. The lowest BCUT2D eigenvalue weighted by molar-refractivity contribution is 0.703. The molecule has 3 heteroatoms. The second kappa shape index (κ2) is 3.51. The molecule has 16 heavy (non-hydrogen) atoms. The number of imidazole rings is 1. The van der Waals surface area contributed by atoms with Gasteiger partial charge in [0.25, 0.3) is 0 Å². The minimum absolute atomic E-state index is 0.667. The molecule has 1 aliphatic rings. The van der Waals surface area contributed by atoms with E-state index >= 15 is 0 Å². The van der Waals surface area contributed by atoms with E-state index in [0.717, 1.165) is 16.9 Å². The fourth-order valence-corrected chi connectivity index (χ4v) is 2.73. The summed E-state index contributed by atoms with van der Waals surface area (Å²) in [5.41, 5.74) is 10.1. The lowest BCUT2D eigenvalue weighted by Crippen LogP contribution is -1.92. The summed E-state index contributed by atoms with van der Waals surface area (Å²) in [5.74, 6) is 0.667. The molecule has 2 aromatic heterocycles. The van der Waals surface area contributed by atoms with Crippen molar-refractivity contribution in [1.29, 1.82) is 0 Å². The van der Waals surface area contributed by atoms with Crippen LogP contribution in [0.3, 0.4) is 0 Å². The lowest BCUT2D eigenvalue weighted by atomic mass is 10.1. The number of hydrogen-bond acceptors (Lipinski definition) is 2. The largest absolute Gasteiger partial charge is 0.398 e. The first-order valence-corrected chi connectivity index (χ1v) is 5.99. The number of hydrogen-bond donors (Lipinski definition) is 1. The quantitative estimate of drug-likeness (QED) is 0.794. The highest BCUT2D eigenvalue weighted by Gasteiger charge is 2.20. The second-order valence-electron chi connectivity index (χ2n) is 4.83. The predicted molar refractivity (Wildman–Crippen MR) is 65.6 cm³/mol. The van der Waals surface area contributed by atoms with Gasteiger partial charge in [0.1, 0.15) is 5.65 Å². The van der Waals surface area contributed by atoms with Crippen LogP contribution in [-0.2, 0) is 0 Å². The molecular weight excluding hydrogens is 198 g/mol. The molecule has 84 valence electrons. The van der Waals surface area contributed by atoms with E-state index in [0.29, 0.717) is 5.92 Å². The minimum atomic E-state index is 0.667. The Labute approximate surface area is 95.3 Å². The van der Waals surface area contributed by atoms with E-state index < -0.39 is 0 Å². The molecule has 0 aliphatic heterocycles. The van der Waals surface area contributed by atoms with Crippen molar-refractivity contribution in [3.05, 3.63) is 29.7 Å². The molecule has 0 amide bonds. The van der Waals surface area contributed by atoms with Crippen molar-refractivity contribution >= 4 is 11.3 Å². The molecule has 3 nitrogen and oxygen atoms in total. The van der Waals surface area contributed by atoms with Gasteiger partial charge < -0.3 is 10.1 Å². The van der Waals surface area contributed by atoms with Gasteiger partial charge in [-0.3, -0.25) is 0 Å². The SMILES string of the molecule is Cc1cc(N)cn2cc(C3CCCC3)nc12. The van der Waals surface area contributed by atoms with Crippen LogP contribution in [0, 0.1) is 6.92 Å². The summed E-state index contributed by atoms with van der Waals surface area (Å²) in [6, 6.07) is 1.99. The van der Waals surface area contributed by atoms with Crippen molar-refractivity contribution in [2.24, 2.45) is 0 Å². The van der Waals surface area contributed by atoms with Crippen molar-refractivity contribution in [2.75, 3.05) is 5.73 Å². The highest BCUT2D eigenvalue weighted by atomic mass is 15.0. The molecule has 2 heterocycles. The molecule has 2 aromatic rings. The summed E-state index contributed by atoms with van der Waals surface area (Å²) in [7, 11) is 0. The number of rotatable bonds is 1. The molecule has 2 N–H and O–H groups in total. The smallest absolute Gasteiger partial charge is 0.140 e. The zero-order valence-corrected chi connectivity index (χ0v) is 9.61. The maximum atomic E-state index is 5.84. The monoisotopic (exact) mass is 215 g/mol. The lowest BCUT2D eigenvalue weighted by Gasteiger charge is -2.02. The van der Waals surface area contributed by atoms with Gasteiger partial charge in [-0.2, -0.15) is 0 Å². The van der Waals surface area contributed by atoms with Crippen molar-refractivity contribution < 1.29 is 0 Å². The molecule has 0 saturated heterocycles. The van der Waals surface area contributed by atoms with Gasteiger partial charge >= 0.3 is 0 Å². The molecule has 1 fully saturated rings. The molecule has 1 saturated carbocycles. The summed E-state index contributed by atoms with van der Waals surface area (Å²) >= 11 is 0. The van der Waals surface area contributed by atoms with Gasteiger partial charge in [0.05, 0.1) is 5.69 Å². The number of nitrogens with zero attached hydrogens (tertiary/aromatic N) is 2. The third-order valence-electron chi connectivity index (χ3n) is 3.55. The number of anilines is 1. The van der Waals surface area contributed by atoms with Crippen molar-refractivity contribution in [3.8, 4) is 0 Å². The second-order valence-corrected chi connectivity index (χ2v) is 4.83. The van der Waals surface area contributed by atoms with Gasteiger partial charge in [-0.25, -0.2) is 4.98 Å². The van der Waals surface area contributed by atoms with E-state index in [1.807, 2.05) is 12.3 Å². The molecule has 0 spiro atoms. The minimum Gasteiger partial charge on any atom is -0.398 e. The third-order valence-corrected chi connectivity index (χ3v) is 3.55. The Bertz CT molecular complexity index is 521. The van der Waals surface area contributed by atoms with Gasteiger partial charge in [0.2, 0.25) is 0 Å². The Balaban J connectivity index is 2.11. The van der Waals surface area contributed by atoms with Gasteiger partial charge in [-0.15, -0.1) is 0 Å². The Morgan fingerprint density at radius 1 is 1.31 bits per heavy atom. The van der Waals surface area contributed by atoms with Gasteiger partial charge in [0.15, 0.2) is 0 Å². The summed E-state index contributed by atoms with van der Waals surface area (Å²) < 4.78 is 2.07. The van der Waals surface area contributed by atoms with Crippen LogP contribution in [0.4, 0.5) is 5.69 Å². The van der Waals surface area contributed by atoms with E-state index in [9.17, 15) is 0 Å². The molecule has 3 rings (SSSR count). The van der Waals surface area contributed by atoms with Gasteiger partial charge in [-0.1, -0.05) is 12.8 Å². The maximum absolute atomic E-state index is 5.84. The summed E-state index contributed by atoms with van der Waals surface area (Å²) in [4.78, 5) is 4.74. The third kappa shape index (κ3) is 1.47. The fraction of sp³-hybridized carbons (Fsp3) is 0.462. The molecule has 0 aromatic carbocycles. The summed E-state index contributed by atoms with van der Waals surface area (Å²) in [5, 5.41) is 0. The number of aromatic nitrogens is 2. The van der Waals surface area contributed by atoms with E-state index in [-0.39, 0.29) is 0 Å². The molecule has 0 bridgehead atoms. The van der Waals surface area contributed by atoms with Crippen LogP contribution in [0.5, 0.6) is 0 Å². The van der Waals surface area contributed by atoms with E-state index in [1.54, 1.807) is 0 Å². The number of nitrogen functional groups attached to an aromatic ring is 1. The highest BCUT2D eigenvalue weighted by molar-refractivity contribution is 5.55. The highest BCUT2D eigenvalue weighted by Crippen LogP contribution is 2.33. The normalized spacial score (nSPS) is 17.3. The van der Waals surface area contributed by atoms with Crippen LogP contribution in [0.25, 0.3) is 5.65 Å². The van der Waals surface area contributed by atoms with Crippen LogP contribution < -0.4 is 5.73 Å². The number of pyridine rings is 1. The van der Waals surface area contributed by atoms with Crippen LogP contribution in [0.15, 0.2) is 18.5 Å².